The highest BCUT2D eigenvalue weighted by molar-refractivity contribution is 5.42. The molecule has 20 heavy (non-hydrogen) atoms. The van der Waals surface area contributed by atoms with Crippen molar-refractivity contribution >= 4 is 5.69 Å². The number of aliphatic hydroxyl groups excluding tert-OH is 1. The van der Waals surface area contributed by atoms with E-state index in [0.717, 1.165) is 25.1 Å². The van der Waals surface area contributed by atoms with Gasteiger partial charge in [0.05, 0.1) is 25.9 Å². The number of unbranched alkanes of at least 4 members (excludes halogenated alkanes) is 1. The Kier molecular flexibility index (Phi) is 8.95. The second-order valence-electron chi connectivity index (χ2n) is 4.58. The minimum Gasteiger partial charge on any atom is -0.389 e. The maximum Gasteiger partial charge on any atom is 0.123 e. The van der Waals surface area contributed by atoms with Gasteiger partial charge in [-0.25, -0.2) is 4.39 Å². The van der Waals surface area contributed by atoms with Crippen LogP contribution in [0, 0.1) is 5.82 Å². The second-order valence-corrected chi connectivity index (χ2v) is 4.58. The molecule has 1 unspecified atom stereocenters. The number of anilines is 1. The maximum atomic E-state index is 12.7. The molecule has 0 amide bonds. The molecule has 0 saturated carbocycles. The largest absolute Gasteiger partial charge is 0.389 e. The van der Waals surface area contributed by atoms with Crippen molar-refractivity contribution in [2.24, 2.45) is 0 Å². The molecule has 1 aromatic carbocycles. The lowest BCUT2D eigenvalue weighted by molar-refractivity contribution is 0.00749. The van der Waals surface area contributed by atoms with E-state index in [1.807, 2.05) is 0 Å². The molecule has 1 rings (SSSR count). The fourth-order valence-electron chi connectivity index (χ4n) is 1.55. The zero-order chi connectivity index (χ0) is 14.6. The molecule has 0 aromatic heterocycles. The Bertz CT molecular complexity index is 345. The molecule has 0 heterocycles. The summed E-state index contributed by atoms with van der Waals surface area (Å²) in [5.41, 5.74) is 0.772. The molecule has 0 radical (unpaired) electrons. The normalized spacial score (nSPS) is 12.3. The smallest absolute Gasteiger partial charge is 0.123 e. The van der Waals surface area contributed by atoms with Crippen LogP contribution in [0.2, 0.25) is 0 Å². The molecule has 2 N–H and O–H groups in total. The summed E-state index contributed by atoms with van der Waals surface area (Å²) >= 11 is 0. The van der Waals surface area contributed by atoms with E-state index in [1.54, 1.807) is 12.1 Å². The van der Waals surface area contributed by atoms with Gasteiger partial charge in [-0.05, 0) is 30.7 Å². The van der Waals surface area contributed by atoms with Crippen LogP contribution in [-0.2, 0) is 9.47 Å². The van der Waals surface area contributed by atoms with Gasteiger partial charge < -0.3 is 19.9 Å². The third-order valence-corrected chi connectivity index (χ3v) is 2.71. The summed E-state index contributed by atoms with van der Waals surface area (Å²) in [7, 11) is 0. The van der Waals surface area contributed by atoms with Crippen LogP contribution in [0.15, 0.2) is 24.3 Å². The molecule has 0 aliphatic rings. The van der Waals surface area contributed by atoms with Crippen molar-refractivity contribution in [1.82, 2.24) is 0 Å². The van der Waals surface area contributed by atoms with Gasteiger partial charge in [0, 0.05) is 18.8 Å². The predicted molar refractivity (Wildman–Crippen MR) is 77.4 cm³/mol. The monoisotopic (exact) mass is 285 g/mol. The Morgan fingerprint density at radius 3 is 2.55 bits per heavy atom. The summed E-state index contributed by atoms with van der Waals surface area (Å²) in [5, 5.41) is 12.7. The molecular formula is C15H24FNO3. The number of rotatable bonds is 11. The molecule has 0 spiro atoms. The molecular weight excluding hydrogens is 261 g/mol. The third-order valence-electron chi connectivity index (χ3n) is 2.71. The highest BCUT2D eigenvalue weighted by Gasteiger charge is 2.04. The van der Waals surface area contributed by atoms with Crippen molar-refractivity contribution in [3.05, 3.63) is 30.1 Å². The van der Waals surface area contributed by atoms with Crippen molar-refractivity contribution in [2.45, 2.75) is 25.9 Å². The van der Waals surface area contributed by atoms with Crippen molar-refractivity contribution in [3.63, 3.8) is 0 Å². The average molecular weight is 285 g/mol. The van der Waals surface area contributed by atoms with Crippen LogP contribution >= 0.6 is 0 Å². The lowest BCUT2D eigenvalue weighted by Crippen LogP contribution is -2.25. The van der Waals surface area contributed by atoms with Crippen molar-refractivity contribution < 1.29 is 19.0 Å². The van der Waals surface area contributed by atoms with E-state index >= 15 is 0 Å². The first kappa shape index (κ1) is 16.9. The Balaban J connectivity index is 2.00. The zero-order valence-electron chi connectivity index (χ0n) is 12.0. The van der Waals surface area contributed by atoms with Crippen LogP contribution in [0.3, 0.4) is 0 Å². The molecule has 0 saturated heterocycles. The first-order chi connectivity index (χ1) is 9.72. The lowest BCUT2D eigenvalue weighted by Gasteiger charge is -2.13. The molecule has 0 bridgehead atoms. The van der Waals surface area contributed by atoms with E-state index in [1.165, 1.54) is 12.1 Å². The van der Waals surface area contributed by atoms with Gasteiger partial charge in [0.15, 0.2) is 0 Å². The van der Waals surface area contributed by atoms with E-state index in [4.69, 9.17) is 9.47 Å². The Morgan fingerprint density at radius 2 is 1.85 bits per heavy atom. The van der Waals surface area contributed by atoms with Crippen LogP contribution < -0.4 is 5.32 Å². The van der Waals surface area contributed by atoms with Gasteiger partial charge >= 0.3 is 0 Å². The number of nitrogens with one attached hydrogen (secondary N) is 1. The molecule has 0 fully saturated rings. The number of benzene rings is 1. The van der Waals surface area contributed by atoms with Gasteiger partial charge in [-0.15, -0.1) is 0 Å². The summed E-state index contributed by atoms with van der Waals surface area (Å²) in [6, 6.07) is 6.01. The SMILES string of the molecule is CCCCOCCOCC(O)CNc1ccc(F)cc1. The molecule has 5 heteroatoms. The molecule has 114 valence electrons. The summed E-state index contributed by atoms with van der Waals surface area (Å²) < 4.78 is 23.3. The van der Waals surface area contributed by atoms with Gasteiger partial charge in [0.2, 0.25) is 0 Å². The minimum atomic E-state index is -0.601. The summed E-state index contributed by atoms with van der Waals surface area (Å²) in [5.74, 6) is -0.275. The highest BCUT2D eigenvalue weighted by Crippen LogP contribution is 2.07. The fourth-order valence-corrected chi connectivity index (χ4v) is 1.55. The van der Waals surface area contributed by atoms with E-state index in [0.29, 0.717) is 19.8 Å². The first-order valence-electron chi connectivity index (χ1n) is 7.05. The number of halogens is 1. The van der Waals surface area contributed by atoms with Crippen LogP contribution in [0.25, 0.3) is 0 Å². The Morgan fingerprint density at radius 1 is 1.15 bits per heavy atom. The van der Waals surface area contributed by atoms with Crippen molar-refractivity contribution in [3.8, 4) is 0 Å². The Hall–Kier alpha value is -1.17. The van der Waals surface area contributed by atoms with Gasteiger partial charge in [-0.1, -0.05) is 13.3 Å². The standard InChI is InChI=1S/C15H24FNO3/c1-2-3-8-19-9-10-20-12-15(18)11-17-14-6-4-13(16)5-7-14/h4-7,15,17-18H,2-3,8-12H2,1H3. The fraction of sp³-hybridized carbons (Fsp3) is 0.600. The second kappa shape index (κ2) is 10.6. The van der Waals surface area contributed by atoms with E-state index in [2.05, 4.69) is 12.2 Å². The summed E-state index contributed by atoms with van der Waals surface area (Å²) in [4.78, 5) is 0. The Labute approximate surface area is 119 Å². The van der Waals surface area contributed by atoms with Crippen molar-refractivity contribution in [2.75, 3.05) is 38.3 Å². The van der Waals surface area contributed by atoms with E-state index < -0.39 is 6.10 Å². The average Bonchev–Trinajstić information content (AvgIpc) is 2.46. The predicted octanol–water partition coefficient (Wildman–Crippen LogP) is 2.43. The van der Waals surface area contributed by atoms with E-state index in [-0.39, 0.29) is 12.4 Å². The van der Waals surface area contributed by atoms with Crippen LogP contribution in [-0.4, -0.2) is 44.2 Å². The van der Waals surface area contributed by atoms with E-state index in [9.17, 15) is 9.50 Å². The topological polar surface area (TPSA) is 50.7 Å². The summed E-state index contributed by atoms with van der Waals surface area (Å²) in [6.45, 7) is 4.53. The quantitative estimate of drug-likeness (QED) is 0.613. The number of aliphatic hydroxyl groups is 1. The first-order valence-corrected chi connectivity index (χ1v) is 7.05. The van der Waals surface area contributed by atoms with Gasteiger partial charge in [0.1, 0.15) is 5.82 Å². The molecule has 0 aliphatic carbocycles. The number of hydrogen-bond donors (Lipinski definition) is 2. The van der Waals surface area contributed by atoms with Crippen molar-refractivity contribution in [1.29, 1.82) is 0 Å². The summed E-state index contributed by atoms with van der Waals surface area (Å²) in [6.07, 6.45) is 1.58. The van der Waals surface area contributed by atoms with Gasteiger partial charge in [-0.2, -0.15) is 0 Å². The lowest BCUT2D eigenvalue weighted by atomic mass is 10.3. The third kappa shape index (κ3) is 8.09. The molecule has 1 atom stereocenters. The molecule has 0 aliphatic heterocycles. The zero-order valence-corrected chi connectivity index (χ0v) is 12.0. The van der Waals surface area contributed by atoms with Crippen LogP contribution in [0.1, 0.15) is 19.8 Å². The van der Waals surface area contributed by atoms with Crippen LogP contribution in [0.4, 0.5) is 10.1 Å². The number of ether oxygens (including phenoxy) is 2. The van der Waals surface area contributed by atoms with Gasteiger partial charge in [0.25, 0.3) is 0 Å². The molecule has 1 aromatic rings. The maximum absolute atomic E-state index is 12.7. The number of hydrogen-bond acceptors (Lipinski definition) is 4. The molecule has 4 nitrogen and oxygen atoms in total. The highest BCUT2D eigenvalue weighted by atomic mass is 19.1. The van der Waals surface area contributed by atoms with Crippen LogP contribution in [0.5, 0.6) is 0 Å². The minimum absolute atomic E-state index is 0.255. The van der Waals surface area contributed by atoms with Gasteiger partial charge in [-0.3, -0.25) is 0 Å².